The monoisotopic (exact) mass is 242 g/mol. The molecule has 17 heavy (non-hydrogen) atoms. The van der Waals surface area contributed by atoms with Gasteiger partial charge in [0.05, 0.1) is 0 Å². The van der Waals surface area contributed by atoms with E-state index in [1.54, 1.807) is 0 Å². The lowest BCUT2D eigenvalue weighted by Crippen LogP contribution is -2.45. The highest BCUT2D eigenvalue weighted by Crippen LogP contribution is 2.13. The first-order valence-electron chi connectivity index (χ1n) is 6.27. The third-order valence-electron chi connectivity index (χ3n) is 3.43. The zero-order valence-electron chi connectivity index (χ0n) is 10.5. The number of hydrogen-bond acceptors (Lipinski definition) is 3. The SMILES string of the molecule is CC[C@H](C)[C@H](NC(=O)CC1CCNC1)C(=O)O. The van der Waals surface area contributed by atoms with E-state index < -0.39 is 12.0 Å². The van der Waals surface area contributed by atoms with E-state index in [0.29, 0.717) is 12.3 Å². The van der Waals surface area contributed by atoms with Crippen LogP contribution < -0.4 is 10.6 Å². The van der Waals surface area contributed by atoms with Crippen molar-refractivity contribution in [3.05, 3.63) is 0 Å². The molecule has 0 saturated carbocycles. The van der Waals surface area contributed by atoms with Gasteiger partial charge in [0.15, 0.2) is 0 Å². The Labute approximate surface area is 102 Å². The molecule has 1 heterocycles. The molecule has 0 spiro atoms. The lowest BCUT2D eigenvalue weighted by atomic mass is 9.98. The van der Waals surface area contributed by atoms with Crippen LogP contribution in [0.15, 0.2) is 0 Å². The fourth-order valence-corrected chi connectivity index (χ4v) is 2.07. The van der Waals surface area contributed by atoms with Gasteiger partial charge >= 0.3 is 5.97 Å². The largest absolute Gasteiger partial charge is 0.480 e. The molecule has 1 saturated heterocycles. The van der Waals surface area contributed by atoms with E-state index >= 15 is 0 Å². The zero-order chi connectivity index (χ0) is 12.8. The molecule has 0 radical (unpaired) electrons. The van der Waals surface area contributed by atoms with Crippen LogP contribution in [0, 0.1) is 11.8 Å². The molecule has 1 rings (SSSR count). The Hall–Kier alpha value is -1.10. The number of carbonyl (C=O) groups excluding carboxylic acids is 1. The summed E-state index contributed by atoms with van der Waals surface area (Å²) in [7, 11) is 0. The molecular formula is C12H22N2O3. The van der Waals surface area contributed by atoms with Crippen molar-refractivity contribution in [2.45, 2.75) is 39.2 Å². The van der Waals surface area contributed by atoms with E-state index in [4.69, 9.17) is 5.11 Å². The van der Waals surface area contributed by atoms with Crippen molar-refractivity contribution < 1.29 is 14.7 Å². The fourth-order valence-electron chi connectivity index (χ4n) is 2.07. The van der Waals surface area contributed by atoms with Gasteiger partial charge in [-0.15, -0.1) is 0 Å². The number of carboxylic acids is 1. The molecule has 1 amide bonds. The Morgan fingerprint density at radius 1 is 1.53 bits per heavy atom. The molecule has 1 fully saturated rings. The van der Waals surface area contributed by atoms with Crippen molar-refractivity contribution in [2.75, 3.05) is 13.1 Å². The summed E-state index contributed by atoms with van der Waals surface area (Å²) < 4.78 is 0. The number of hydrogen-bond donors (Lipinski definition) is 3. The lowest BCUT2D eigenvalue weighted by molar-refractivity contribution is -0.143. The van der Waals surface area contributed by atoms with Crippen LogP contribution in [0.25, 0.3) is 0 Å². The van der Waals surface area contributed by atoms with Crippen molar-refractivity contribution >= 4 is 11.9 Å². The molecular weight excluding hydrogens is 220 g/mol. The number of amides is 1. The Kier molecular flexibility index (Phi) is 5.41. The van der Waals surface area contributed by atoms with E-state index in [-0.39, 0.29) is 11.8 Å². The first kappa shape index (κ1) is 14.0. The van der Waals surface area contributed by atoms with Crippen LogP contribution in [0.1, 0.15) is 33.1 Å². The molecule has 1 aliphatic rings. The summed E-state index contributed by atoms with van der Waals surface area (Å²) in [6, 6.07) is -0.762. The Bertz CT molecular complexity index is 275. The van der Waals surface area contributed by atoms with Crippen LogP contribution in [-0.4, -0.2) is 36.1 Å². The summed E-state index contributed by atoms with van der Waals surface area (Å²) in [5.41, 5.74) is 0. The smallest absolute Gasteiger partial charge is 0.326 e. The first-order chi connectivity index (χ1) is 8.04. The minimum absolute atomic E-state index is 0.0434. The van der Waals surface area contributed by atoms with Crippen LogP contribution in [0.5, 0.6) is 0 Å². The minimum Gasteiger partial charge on any atom is -0.480 e. The van der Waals surface area contributed by atoms with Crippen molar-refractivity contribution in [3.8, 4) is 0 Å². The fraction of sp³-hybridized carbons (Fsp3) is 0.833. The maximum atomic E-state index is 11.7. The van der Waals surface area contributed by atoms with Crippen LogP contribution in [0.4, 0.5) is 0 Å². The van der Waals surface area contributed by atoms with E-state index in [2.05, 4.69) is 10.6 Å². The molecule has 0 bridgehead atoms. The molecule has 1 unspecified atom stereocenters. The molecule has 0 aliphatic carbocycles. The maximum Gasteiger partial charge on any atom is 0.326 e. The van der Waals surface area contributed by atoms with Gasteiger partial charge in [0, 0.05) is 6.42 Å². The second-order valence-electron chi connectivity index (χ2n) is 4.83. The standard InChI is InChI=1S/C12H22N2O3/c1-3-8(2)11(12(16)17)14-10(15)6-9-4-5-13-7-9/h8-9,11,13H,3-7H2,1-2H3,(H,14,15)(H,16,17)/t8-,9?,11-/m0/s1. The molecule has 0 aromatic carbocycles. The van der Waals surface area contributed by atoms with Crippen molar-refractivity contribution in [1.82, 2.24) is 10.6 Å². The van der Waals surface area contributed by atoms with Gasteiger partial charge < -0.3 is 15.7 Å². The molecule has 0 aromatic rings. The second-order valence-corrected chi connectivity index (χ2v) is 4.83. The summed E-state index contributed by atoms with van der Waals surface area (Å²) in [4.78, 5) is 22.8. The summed E-state index contributed by atoms with van der Waals surface area (Å²) in [5, 5.41) is 14.9. The number of nitrogens with one attached hydrogen (secondary N) is 2. The minimum atomic E-state index is -0.947. The van der Waals surface area contributed by atoms with Crippen molar-refractivity contribution in [3.63, 3.8) is 0 Å². The topological polar surface area (TPSA) is 78.4 Å². The van der Waals surface area contributed by atoms with Gasteiger partial charge in [0.2, 0.25) is 5.91 Å². The van der Waals surface area contributed by atoms with E-state index in [1.165, 1.54) is 0 Å². The lowest BCUT2D eigenvalue weighted by Gasteiger charge is -2.20. The second kappa shape index (κ2) is 6.59. The first-order valence-corrected chi connectivity index (χ1v) is 6.27. The molecule has 1 aliphatic heterocycles. The van der Waals surface area contributed by atoms with Gasteiger partial charge in [-0.2, -0.15) is 0 Å². The van der Waals surface area contributed by atoms with Gasteiger partial charge in [-0.25, -0.2) is 4.79 Å². The van der Waals surface area contributed by atoms with Crippen LogP contribution >= 0.6 is 0 Å². The van der Waals surface area contributed by atoms with Gasteiger partial charge in [0.1, 0.15) is 6.04 Å². The quantitative estimate of drug-likeness (QED) is 0.637. The van der Waals surface area contributed by atoms with Gasteiger partial charge in [-0.05, 0) is 31.3 Å². The average molecular weight is 242 g/mol. The Balaban J connectivity index is 2.43. The zero-order valence-corrected chi connectivity index (χ0v) is 10.5. The molecule has 3 N–H and O–H groups in total. The normalized spacial score (nSPS) is 23.1. The predicted octanol–water partition coefficient (Wildman–Crippen LogP) is 0.602. The number of aliphatic carboxylic acids is 1. The summed E-state index contributed by atoms with van der Waals surface area (Å²) >= 11 is 0. The average Bonchev–Trinajstić information content (AvgIpc) is 2.77. The Morgan fingerprint density at radius 3 is 2.71 bits per heavy atom. The van der Waals surface area contributed by atoms with E-state index in [0.717, 1.165) is 25.9 Å². The predicted molar refractivity (Wildman–Crippen MR) is 64.6 cm³/mol. The highest BCUT2D eigenvalue weighted by Gasteiger charge is 2.26. The van der Waals surface area contributed by atoms with Gasteiger partial charge in [-0.1, -0.05) is 20.3 Å². The van der Waals surface area contributed by atoms with Crippen molar-refractivity contribution in [2.24, 2.45) is 11.8 Å². The van der Waals surface area contributed by atoms with Crippen LogP contribution in [-0.2, 0) is 9.59 Å². The molecule has 0 aromatic heterocycles. The molecule has 5 heteroatoms. The van der Waals surface area contributed by atoms with Gasteiger partial charge in [0.25, 0.3) is 0 Å². The summed E-state index contributed by atoms with van der Waals surface area (Å²) in [5.74, 6) is -0.789. The molecule has 3 atom stereocenters. The van der Waals surface area contributed by atoms with Crippen LogP contribution in [0.3, 0.4) is 0 Å². The third-order valence-corrected chi connectivity index (χ3v) is 3.43. The van der Waals surface area contributed by atoms with Crippen LogP contribution in [0.2, 0.25) is 0 Å². The van der Waals surface area contributed by atoms with E-state index in [9.17, 15) is 9.59 Å². The molecule has 98 valence electrons. The molecule has 5 nitrogen and oxygen atoms in total. The highest BCUT2D eigenvalue weighted by molar-refractivity contribution is 5.83. The van der Waals surface area contributed by atoms with Gasteiger partial charge in [-0.3, -0.25) is 4.79 Å². The maximum absolute atomic E-state index is 11.7. The summed E-state index contributed by atoms with van der Waals surface area (Å²) in [6.45, 7) is 5.57. The number of carbonyl (C=O) groups is 2. The number of carboxylic acid groups (broad SMARTS) is 1. The number of rotatable bonds is 6. The Morgan fingerprint density at radius 2 is 2.24 bits per heavy atom. The van der Waals surface area contributed by atoms with E-state index in [1.807, 2.05) is 13.8 Å². The highest BCUT2D eigenvalue weighted by atomic mass is 16.4. The third kappa shape index (κ3) is 4.34. The summed E-state index contributed by atoms with van der Waals surface area (Å²) in [6.07, 6.45) is 2.16. The van der Waals surface area contributed by atoms with Crippen molar-refractivity contribution in [1.29, 1.82) is 0 Å².